The molecule has 0 unspecified atom stereocenters. The molecule has 3 heterocycles. The number of fused-ring (bicyclic) bond motifs is 2. The molecule has 0 radical (unpaired) electrons. The normalized spacial score (nSPS) is 13.3. The molecule has 0 bridgehead atoms. The van der Waals surface area contributed by atoms with Crippen molar-refractivity contribution in [3.8, 4) is 34.6 Å². The lowest BCUT2D eigenvalue weighted by Crippen LogP contribution is -2.37. The molecule has 13 heteroatoms. The van der Waals surface area contributed by atoms with Gasteiger partial charge < -0.3 is 28.6 Å². The Labute approximate surface area is 218 Å². The molecule has 1 aliphatic heterocycles. The van der Waals surface area contributed by atoms with Gasteiger partial charge in [-0.2, -0.15) is 10.4 Å². The smallest absolute Gasteiger partial charge is 0.491 e. The van der Waals surface area contributed by atoms with Gasteiger partial charge in [-0.05, 0) is 43.3 Å². The number of nitrogens with zero attached hydrogens (tertiary/aromatic N) is 4. The summed E-state index contributed by atoms with van der Waals surface area (Å²) in [4.78, 5) is 27.8. The highest BCUT2D eigenvalue weighted by atomic mass is 19.3. The Morgan fingerprint density at radius 3 is 2.74 bits per heavy atom. The number of carbonyl (C=O) groups excluding carboxylic acids is 1. The van der Waals surface area contributed by atoms with E-state index >= 15 is 0 Å². The molecule has 0 saturated carbocycles. The van der Waals surface area contributed by atoms with E-state index in [4.69, 9.17) is 14.3 Å². The molecule has 1 aliphatic rings. The van der Waals surface area contributed by atoms with Crippen LogP contribution < -0.4 is 24.7 Å². The van der Waals surface area contributed by atoms with Gasteiger partial charge in [-0.1, -0.05) is 0 Å². The fourth-order valence-electron chi connectivity index (χ4n) is 4.18. The maximum Gasteiger partial charge on any atom is 0.586 e. The van der Waals surface area contributed by atoms with Crippen LogP contribution in [0.3, 0.4) is 0 Å². The van der Waals surface area contributed by atoms with Gasteiger partial charge in [0.15, 0.2) is 17.1 Å². The number of hydrogen-bond donors (Lipinski definition) is 1. The number of likely N-dealkylation sites (N-methyl/N-ethyl adjacent to an activating group) is 1. The number of aromatic nitrogens is 2. The third-order valence-corrected chi connectivity index (χ3v) is 5.83. The molecular formula is C26H20F2N4O7. The van der Waals surface area contributed by atoms with E-state index in [2.05, 4.69) is 14.6 Å². The van der Waals surface area contributed by atoms with Gasteiger partial charge in [0, 0.05) is 23.9 Å². The molecule has 2 aromatic heterocycles. The first-order valence-electron chi connectivity index (χ1n) is 11.7. The standard InChI is InChI=1S/C26H20F2N4O7/c1-2-31(17-3-4-20-21(12-17)39-26(27,28)38-20)22(34)14-32-25(35)19-5-7-37-24(19)23(30-32)16-9-15(13-29)10-18(11-16)36-8-6-33/h3-5,7,9-12,33H,2,6,8,14H2,1H3. The van der Waals surface area contributed by atoms with Crippen LogP contribution in [0.15, 0.2) is 57.9 Å². The summed E-state index contributed by atoms with van der Waals surface area (Å²) in [5, 5.41) is 23.1. The zero-order valence-corrected chi connectivity index (χ0v) is 20.4. The van der Waals surface area contributed by atoms with Gasteiger partial charge in [-0.25, -0.2) is 4.68 Å². The van der Waals surface area contributed by atoms with Crippen molar-refractivity contribution in [1.29, 1.82) is 5.26 Å². The van der Waals surface area contributed by atoms with Crippen molar-refractivity contribution < 1.29 is 37.3 Å². The van der Waals surface area contributed by atoms with E-state index in [1.54, 1.807) is 13.0 Å². The first kappa shape index (κ1) is 25.7. The number of hydrogen-bond acceptors (Lipinski definition) is 9. The summed E-state index contributed by atoms with van der Waals surface area (Å²) in [6.45, 7) is 1.10. The Morgan fingerprint density at radius 2 is 2.00 bits per heavy atom. The zero-order valence-electron chi connectivity index (χ0n) is 20.4. The average Bonchev–Trinajstić information content (AvgIpc) is 3.52. The second-order valence-electron chi connectivity index (χ2n) is 8.34. The molecule has 4 aromatic rings. The van der Waals surface area contributed by atoms with Gasteiger partial charge >= 0.3 is 6.29 Å². The predicted octanol–water partition coefficient (Wildman–Crippen LogP) is 3.27. The van der Waals surface area contributed by atoms with Crippen LogP contribution in [-0.2, 0) is 11.3 Å². The number of alkyl halides is 2. The highest BCUT2D eigenvalue weighted by molar-refractivity contribution is 5.94. The number of furan rings is 1. The summed E-state index contributed by atoms with van der Waals surface area (Å²) < 4.78 is 47.7. The van der Waals surface area contributed by atoms with Crippen molar-refractivity contribution in [1.82, 2.24) is 9.78 Å². The molecule has 0 aliphatic carbocycles. The van der Waals surface area contributed by atoms with E-state index in [0.29, 0.717) is 11.3 Å². The van der Waals surface area contributed by atoms with Crippen LogP contribution in [-0.4, -0.2) is 46.8 Å². The topological polar surface area (TPSA) is 140 Å². The molecule has 39 heavy (non-hydrogen) atoms. The lowest BCUT2D eigenvalue weighted by atomic mass is 10.1. The van der Waals surface area contributed by atoms with E-state index in [1.165, 1.54) is 47.6 Å². The number of halogens is 2. The molecule has 0 spiro atoms. The number of anilines is 1. The van der Waals surface area contributed by atoms with Gasteiger partial charge in [0.1, 0.15) is 24.6 Å². The maximum atomic E-state index is 13.4. The third-order valence-electron chi connectivity index (χ3n) is 5.83. The first-order valence-corrected chi connectivity index (χ1v) is 11.7. The molecular weight excluding hydrogens is 518 g/mol. The van der Waals surface area contributed by atoms with Crippen LogP contribution in [0.2, 0.25) is 0 Å². The lowest BCUT2D eigenvalue weighted by Gasteiger charge is -2.21. The molecule has 200 valence electrons. The Morgan fingerprint density at radius 1 is 1.21 bits per heavy atom. The molecule has 5 rings (SSSR count). The van der Waals surface area contributed by atoms with Crippen LogP contribution in [0.25, 0.3) is 22.2 Å². The van der Waals surface area contributed by atoms with E-state index in [0.717, 1.165) is 4.68 Å². The van der Waals surface area contributed by atoms with Crippen LogP contribution in [0, 0.1) is 11.3 Å². The van der Waals surface area contributed by atoms with Crippen LogP contribution in [0.1, 0.15) is 12.5 Å². The number of rotatable bonds is 8. The van der Waals surface area contributed by atoms with Crippen molar-refractivity contribution >= 4 is 22.6 Å². The number of nitriles is 1. The zero-order chi connectivity index (χ0) is 27.7. The SMILES string of the molecule is CCN(C(=O)Cn1nc(-c2cc(C#N)cc(OCCO)c2)c2occc2c1=O)c1ccc2c(c1)OC(F)(F)O2. The second kappa shape index (κ2) is 10.1. The van der Waals surface area contributed by atoms with Gasteiger partial charge in [0.25, 0.3) is 5.56 Å². The predicted molar refractivity (Wildman–Crippen MR) is 132 cm³/mol. The Kier molecular flexibility index (Phi) is 6.63. The van der Waals surface area contributed by atoms with E-state index in [9.17, 15) is 23.6 Å². The quantitative estimate of drug-likeness (QED) is 0.358. The summed E-state index contributed by atoms with van der Waals surface area (Å²) >= 11 is 0. The summed E-state index contributed by atoms with van der Waals surface area (Å²) in [7, 11) is 0. The molecule has 0 saturated heterocycles. The van der Waals surface area contributed by atoms with Crippen LogP contribution in [0.5, 0.6) is 17.2 Å². The van der Waals surface area contributed by atoms with Crippen molar-refractivity contribution in [3.63, 3.8) is 0 Å². The Bertz CT molecular complexity index is 1680. The monoisotopic (exact) mass is 538 g/mol. The Balaban J connectivity index is 1.51. The highest BCUT2D eigenvalue weighted by Crippen LogP contribution is 2.43. The molecule has 1 amide bonds. The minimum absolute atomic E-state index is 0.00370. The molecule has 0 fully saturated rings. The van der Waals surface area contributed by atoms with E-state index < -0.39 is 24.3 Å². The number of aliphatic hydroxyl groups is 1. The van der Waals surface area contributed by atoms with Gasteiger partial charge in [-0.15, -0.1) is 8.78 Å². The molecule has 11 nitrogen and oxygen atoms in total. The van der Waals surface area contributed by atoms with Crippen molar-refractivity contribution in [3.05, 3.63) is 64.6 Å². The minimum atomic E-state index is -3.80. The maximum absolute atomic E-state index is 13.4. The largest absolute Gasteiger partial charge is 0.586 e. The molecule has 2 aromatic carbocycles. The Hall–Kier alpha value is -4.96. The summed E-state index contributed by atoms with van der Waals surface area (Å²) in [5.74, 6) is -0.650. The van der Waals surface area contributed by atoms with Crippen LogP contribution >= 0.6 is 0 Å². The third kappa shape index (κ3) is 4.97. The summed E-state index contributed by atoms with van der Waals surface area (Å²) in [6, 6.07) is 12.0. The average molecular weight is 538 g/mol. The molecule has 0 atom stereocenters. The highest BCUT2D eigenvalue weighted by Gasteiger charge is 2.43. The summed E-state index contributed by atoms with van der Waals surface area (Å²) in [6.07, 6.45) is -2.50. The van der Waals surface area contributed by atoms with Crippen LogP contribution in [0.4, 0.5) is 14.5 Å². The fourth-order valence-corrected chi connectivity index (χ4v) is 4.18. The van der Waals surface area contributed by atoms with E-state index in [1.807, 2.05) is 6.07 Å². The fraction of sp³-hybridized carbons (Fsp3) is 0.231. The molecule has 1 N–H and O–H groups in total. The van der Waals surface area contributed by atoms with E-state index in [-0.39, 0.29) is 59.2 Å². The van der Waals surface area contributed by atoms with Crippen molar-refractivity contribution in [2.24, 2.45) is 0 Å². The first-order chi connectivity index (χ1) is 18.7. The summed E-state index contributed by atoms with van der Waals surface area (Å²) in [5.41, 5.74) is 0.615. The number of ether oxygens (including phenoxy) is 3. The minimum Gasteiger partial charge on any atom is -0.491 e. The lowest BCUT2D eigenvalue weighted by molar-refractivity contribution is -0.286. The van der Waals surface area contributed by atoms with Crippen molar-refractivity contribution in [2.75, 3.05) is 24.7 Å². The second-order valence-corrected chi connectivity index (χ2v) is 8.34. The van der Waals surface area contributed by atoms with Gasteiger partial charge in [0.05, 0.1) is 29.9 Å². The van der Waals surface area contributed by atoms with Crippen molar-refractivity contribution in [2.45, 2.75) is 19.8 Å². The number of amides is 1. The number of benzene rings is 2. The van der Waals surface area contributed by atoms with Gasteiger partial charge in [-0.3, -0.25) is 9.59 Å². The van der Waals surface area contributed by atoms with Gasteiger partial charge in [0.2, 0.25) is 5.91 Å². The number of aliphatic hydroxyl groups excluding tert-OH is 1. The number of carbonyl (C=O) groups is 1.